The van der Waals surface area contributed by atoms with Crippen molar-refractivity contribution < 1.29 is 18.7 Å². The minimum Gasteiger partial charge on any atom is -0.497 e. The third-order valence-electron chi connectivity index (χ3n) is 6.49. The second-order valence-corrected chi connectivity index (χ2v) is 8.62. The molecule has 1 heterocycles. The maximum absolute atomic E-state index is 13.7. The number of ether oxygens (including phenoxy) is 2. The van der Waals surface area contributed by atoms with Gasteiger partial charge in [-0.05, 0) is 68.0 Å². The summed E-state index contributed by atoms with van der Waals surface area (Å²) in [6, 6.07) is 12.4. The van der Waals surface area contributed by atoms with Gasteiger partial charge in [-0.1, -0.05) is 12.1 Å². The molecule has 0 radical (unpaired) electrons. The van der Waals surface area contributed by atoms with Crippen LogP contribution >= 0.6 is 0 Å². The predicted molar refractivity (Wildman–Crippen MR) is 122 cm³/mol. The molecule has 1 aliphatic heterocycles. The number of nitrogens with zero attached hydrogens (tertiary/aromatic N) is 1. The Morgan fingerprint density at radius 1 is 1.16 bits per heavy atom. The van der Waals surface area contributed by atoms with E-state index in [4.69, 9.17) is 9.47 Å². The molecule has 0 bridgehead atoms. The molecule has 0 spiro atoms. The number of benzene rings is 2. The van der Waals surface area contributed by atoms with Crippen molar-refractivity contribution in [3.05, 3.63) is 70.7 Å². The summed E-state index contributed by atoms with van der Waals surface area (Å²) in [6.45, 7) is 3.41. The molecule has 0 saturated heterocycles. The van der Waals surface area contributed by atoms with Crippen LogP contribution in [0.1, 0.15) is 43.4 Å². The van der Waals surface area contributed by atoms with Crippen LogP contribution in [0, 0.1) is 11.7 Å². The highest BCUT2D eigenvalue weighted by molar-refractivity contribution is 5.94. The Morgan fingerprint density at radius 3 is 2.66 bits per heavy atom. The first kappa shape index (κ1) is 22.2. The lowest BCUT2D eigenvalue weighted by Crippen LogP contribution is -2.27. The van der Waals surface area contributed by atoms with E-state index in [1.54, 1.807) is 26.4 Å². The van der Waals surface area contributed by atoms with E-state index < -0.39 is 0 Å². The van der Waals surface area contributed by atoms with Crippen molar-refractivity contribution in [2.75, 3.05) is 27.3 Å². The van der Waals surface area contributed by atoms with Gasteiger partial charge in [0.25, 0.3) is 0 Å². The van der Waals surface area contributed by atoms with Crippen LogP contribution in [0.2, 0.25) is 0 Å². The van der Waals surface area contributed by atoms with Crippen LogP contribution in [0.15, 0.2) is 53.7 Å². The van der Waals surface area contributed by atoms with Gasteiger partial charge < -0.3 is 19.7 Å². The molecule has 1 N–H and O–H groups in total. The number of rotatable bonds is 9. The Kier molecular flexibility index (Phi) is 6.68. The zero-order valence-corrected chi connectivity index (χ0v) is 19.0. The first-order valence-corrected chi connectivity index (χ1v) is 11.2. The van der Waals surface area contributed by atoms with Crippen molar-refractivity contribution in [3.8, 4) is 11.5 Å². The molecule has 2 aliphatic rings. The molecule has 0 aromatic heterocycles. The monoisotopic (exact) mass is 438 g/mol. The number of carbonyl (C=O) groups is 1. The molecule has 1 atom stereocenters. The summed E-state index contributed by atoms with van der Waals surface area (Å²) in [5.41, 5.74) is 3.68. The molecule has 1 amide bonds. The van der Waals surface area contributed by atoms with E-state index in [9.17, 15) is 9.18 Å². The molecule has 1 fully saturated rings. The number of hydrogen-bond donors (Lipinski definition) is 1. The molecule has 6 heteroatoms. The summed E-state index contributed by atoms with van der Waals surface area (Å²) in [7, 11) is 3.29. The highest BCUT2D eigenvalue weighted by Gasteiger charge is 2.35. The van der Waals surface area contributed by atoms with Gasteiger partial charge in [0.15, 0.2) is 0 Å². The molecule has 32 heavy (non-hydrogen) atoms. The molecule has 1 aliphatic carbocycles. The molecule has 1 unspecified atom stereocenters. The lowest BCUT2D eigenvalue weighted by atomic mass is 9.99. The molecule has 1 saturated carbocycles. The zero-order chi connectivity index (χ0) is 22.7. The minimum absolute atomic E-state index is 0.00881. The first-order valence-electron chi connectivity index (χ1n) is 11.2. The number of nitrogens with one attached hydrogen (secondary N) is 1. The number of amides is 1. The predicted octanol–water partition coefficient (Wildman–Crippen LogP) is 4.63. The maximum Gasteiger partial charge on any atom is 0.249 e. The quantitative estimate of drug-likeness (QED) is 0.620. The Balaban J connectivity index is 1.62. The van der Waals surface area contributed by atoms with E-state index in [2.05, 4.69) is 10.2 Å². The lowest BCUT2D eigenvalue weighted by Gasteiger charge is -2.30. The zero-order valence-electron chi connectivity index (χ0n) is 19.0. The summed E-state index contributed by atoms with van der Waals surface area (Å²) < 4.78 is 24.8. The van der Waals surface area contributed by atoms with Gasteiger partial charge in [-0.25, -0.2) is 4.39 Å². The number of methoxy groups -OCH3 is 2. The highest BCUT2D eigenvalue weighted by Crippen LogP contribution is 2.43. The second-order valence-electron chi connectivity index (χ2n) is 8.62. The Hall–Kier alpha value is -3.02. The van der Waals surface area contributed by atoms with E-state index in [1.165, 1.54) is 18.9 Å². The summed E-state index contributed by atoms with van der Waals surface area (Å²) in [6.07, 6.45) is 3.66. The topological polar surface area (TPSA) is 50.8 Å². The van der Waals surface area contributed by atoms with Crippen LogP contribution in [0.4, 0.5) is 4.39 Å². The third-order valence-corrected chi connectivity index (χ3v) is 6.49. The van der Waals surface area contributed by atoms with Crippen molar-refractivity contribution in [1.82, 2.24) is 10.2 Å². The summed E-state index contributed by atoms with van der Waals surface area (Å²) in [5.74, 6) is 1.91. The van der Waals surface area contributed by atoms with Gasteiger partial charge in [0.1, 0.15) is 17.3 Å². The molecular weight excluding hydrogens is 407 g/mol. The van der Waals surface area contributed by atoms with E-state index in [-0.39, 0.29) is 17.8 Å². The van der Waals surface area contributed by atoms with Gasteiger partial charge >= 0.3 is 0 Å². The largest absolute Gasteiger partial charge is 0.497 e. The van der Waals surface area contributed by atoms with Gasteiger partial charge in [-0.3, -0.25) is 4.79 Å². The van der Waals surface area contributed by atoms with Gasteiger partial charge in [0.05, 0.1) is 20.3 Å². The summed E-state index contributed by atoms with van der Waals surface area (Å²) in [5, 5.41) is 3.11. The maximum atomic E-state index is 13.7. The van der Waals surface area contributed by atoms with Crippen molar-refractivity contribution in [2.45, 2.75) is 38.6 Å². The number of allylic oxidation sites excluding steroid dienone is 1. The molecule has 5 nitrogen and oxygen atoms in total. The van der Waals surface area contributed by atoms with Crippen molar-refractivity contribution >= 4 is 5.91 Å². The third kappa shape index (κ3) is 4.90. The minimum atomic E-state index is -0.234. The fourth-order valence-corrected chi connectivity index (χ4v) is 4.42. The standard InChI is InChI=1S/C26H31FN2O3/c1-17-22(26(30)28-16-19-7-8-19)15-24(23-14-21(31-2)9-10-25(23)32-3)29(17)12-11-18-5-4-6-20(27)13-18/h4-6,9-10,13-14,19,24H,7-8,11-12,15-16H2,1-3H3,(H,28,30). The second kappa shape index (κ2) is 9.63. The van der Waals surface area contributed by atoms with Crippen molar-refractivity contribution in [1.29, 1.82) is 0 Å². The first-order chi connectivity index (χ1) is 15.5. The highest BCUT2D eigenvalue weighted by atomic mass is 19.1. The number of carbonyl (C=O) groups excluding carboxylic acids is 1. The van der Waals surface area contributed by atoms with Crippen molar-refractivity contribution in [3.63, 3.8) is 0 Å². The van der Waals surface area contributed by atoms with Gasteiger partial charge in [0, 0.05) is 36.3 Å². The number of hydrogen-bond acceptors (Lipinski definition) is 4. The van der Waals surface area contributed by atoms with Crippen LogP contribution < -0.4 is 14.8 Å². The van der Waals surface area contributed by atoms with E-state index in [0.29, 0.717) is 25.3 Å². The van der Waals surface area contributed by atoms with Crippen LogP contribution in [0.25, 0.3) is 0 Å². The Labute approximate surface area is 189 Å². The average Bonchev–Trinajstić information content (AvgIpc) is 3.58. The van der Waals surface area contributed by atoms with E-state index in [1.807, 2.05) is 31.2 Å². The Bertz CT molecular complexity index is 1020. The number of halogens is 1. The van der Waals surface area contributed by atoms with Crippen LogP contribution in [-0.2, 0) is 11.2 Å². The normalized spacial score (nSPS) is 18.1. The molecular formula is C26H31FN2O3. The van der Waals surface area contributed by atoms with Crippen molar-refractivity contribution in [2.24, 2.45) is 5.92 Å². The van der Waals surface area contributed by atoms with Gasteiger partial charge in [-0.15, -0.1) is 0 Å². The SMILES string of the molecule is COc1ccc(OC)c(C2CC(C(=O)NCC3CC3)=C(C)N2CCc2cccc(F)c2)c1. The van der Waals surface area contributed by atoms with Gasteiger partial charge in [0.2, 0.25) is 5.91 Å². The molecule has 4 rings (SSSR count). The Morgan fingerprint density at radius 2 is 1.97 bits per heavy atom. The van der Waals surface area contributed by atoms with Gasteiger partial charge in [-0.2, -0.15) is 0 Å². The smallest absolute Gasteiger partial charge is 0.249 e. The fourth-order valence-electron chi connectivity index (χ4n) is 4.42. The van der Waals surface area contributed by atoms with E-state index >= 15 is 0 Å². The van der Waals surface area contributed by atoms with Crippen LogP contribution in [-0.4, -0.2) is 38.1 Å². The average molecular weight is 439 g/mol. The lowest BCUT2D eigenvalue weighted by molar-refractivity contribution is -0.117. The molecule has 170 valence electrons. The molecule has 2 aromatic rings. The van der Waals surface area contributed by atoms with Crippen LogP contribution in [0.5, 0.6) is 11.5 Å². The molecule has 2 aromatic carbocycles. The summed E-state index contributed by atoms with van der Waals surface area (Å²) in [4.78, 5) is 15.2. The fraction of sp³-hybridized carbons (Fsp3) is 0.423. The van der Waals surface area contributed by atoms with E-state index in [0.717, 1.165) is 40.4 Å². The summed E-state index contributed by atoms with van der Waals surface area (Å²) >= 11 is 0. The van der Waals surface area contributed by atoms with Crippen LogP contribution in [0.3, 0.4) is 0 Å².